The molecule has 1 aliphatic heterocycles. The van der Waals surface area contributed by atoms with E-state index >= 15 is 0 Å². The molecule has 0 radical (unpaired) electrons. The Morgan fingerprint density at radius 3 is 2.50 bits per heavy atom. The van der Waals surface area contributed by atoms with Crippen molar-refractivity contribution in [2.75, 3.05) is 11.4 Å². The van der Waals surface area contributed by atoms with E-state index in [1.54, 1.807) is 0 Å². The number of benzene rings is 2. The van der Waals surface area contributed by atoms with Crippen LogP contribution in [0.25, 0.3) is 0 Å². The minimum absolute atomic E-state index is 0.154. The van der Waals surface area contributed by atoms with Crippen LogP contribution >= 0.6 is 11.6 Å². The van der Waals surface area contributed by atoms with E-state index in [1.165, 1.54) is 16.8 Å². The molecule has 2 nitrogen and oxygen atoms in total. The van der Waals surface area contributed by atoms with Crippen LogP contribution in [-0.4, -0.2) is 18.3 Å². The summed E-state index contributed by atoms with van der Waals surface area (Å²) in [4.78, 5) is 7.10. The minimum Gasteiger partial charge on any atom is -0.366 e. The van der Waals surface area contributed by atoms with E-state index in [0.29, 0.717) is 5.92 Å². The molecule has 1 heterocycles. The Hall–Kier alpha value is -1.80. The number of aryl methyl sites for hydroxylation is 1. The molecule has 0 aromatic heterocycles. The molecule has 138 valence electrons. The van der Waals surface area contributed by atoms with E-state index < -0.39 is 0 Å². The fraction of sp³-hybridized carbons (Fsp3) is 0.435. The van der Waals surface area contributed by atoms with Gasteiger partial charge in [-0.05, 0) is 74.9 Å². The summed E-state index contributed by atoms with van der Waals surface area (Å²) in [7, 11) is 0. The van der Waals surface area contributed by atoms with Crippen LogP contribution in [0.1, 0.15) is 63.6 Å². The van der Waals surface area contributed by atoms with Gasteiger partial charge in [0.25, 0.3) is 0 Å². The predicted molar refractivity (Wildman–Crippen MR) is 115 cm³/mol. The molecule has 0 aliphatic carbocycles. The number of hydrogen-bond acceptors (Lipinski definition) is 2. The summed E-state index contributed by atoms with van der Waals surface area (Å²) in [6, 6.07) is 12.7. The smallest absolute Gasteiger partial charge is 0.0630 e. The molecule has 3 heteroatoms. The van der Waals surface area contributed by atoms with Gasteiger partial charge in [-0.15, -0.1) is 0 Å². The van der Waals surface area contributed by atoms with Crippen LogP contribution in [0.5, 0.6) is 0 Å². The number of anilines is 1. The number of rotatable bonds is 4. The maximum atomic E-state index is 6.62. The molecule has 2 aromatic rings. The van der Waals surface area contributed by atoms with E-state index in [2.05, 4.69) is 80.9 Å². The Morgan fingerprint density at radius 1 is 1.19 bits per heavy atom. The van der Waals surface area contributed by atoms with Crippen molar-refractivity contribution in [2.24, 2.45) is 4.99 Å². The van der Waals surface area contributed by atoms with Crippen molar-refractivity contribution >= 4 is 29.2 Å². The summed E-state index contributed by atoms with van der Waals surface area (Å²) in [6.45, 7) is 12.3. The number of hydrogen-bond donors (Lipinski definition) is 0. The first kappa shape index (κ1) is 19.0. The van der Waals surface area contributed by atoms with Gasteiger partial charge in [0.1, 0.15) is 0 Å². The normalized spacial score (nSPS) is 19.0. The van der Waals surface area contributed by atoms with E-state index in [1.807, 2.05) is 6.21 Å². The Kier molecular flexibility index (Phi) is 5.43. The molecule has 1 atom stereocenters. The second kappa shape index (κ2) is 7.44. The zero-order valence-corrected chi connectivity index (χ0v) is 17.3. The van der Waals surface area contributed by atoms with Gasteiger partial charge in [-0.1, -0.05) is 37.6 Å². The van der Waals surface area contributed by atoms with Crippen LogP contribution in [0, 0.1) is 0 Å². The Balaban J connectivity index is 1.95. The maximum absolute atomic E-state index is 6.62. The summed E-state index contributed by atoms with van der Waals surface area (Å²) in [5.74, 6) is 0.510. The minimum atomic E-state index is 0.154. The average Bonchev–Trinajstić information content (AvgIpc) is 2.60. The summed E-state index contributed by atoms with van der Waals surface area (Å²) in [6.07, 6.45) is 4.08. The van der Waals surface area contributed by atoms with Crippen molar-refractivity contribution in [1.82, 2.24) is 0 Å². The number of halogens is 1. The largest absolute Gasteiger partial charge is 0.366 e. The average molecular weight is 369 g/mol. The Labute approximate surface area is 162 Å². The van der Waals surface area contributed by atoms with Crippen molar-refractivity contribution < 1.29 is 0 Å². The lowest BCUT2D eigenvalue weighted by atomic mass is 9.79. The molecule has 0 saturated heterocycles. The van der Waals surface area contributed by atoms with Crippen molar-refractivity contribution in [3.8, 4) is 0 Å². The van der Waals surface area contributed by atoms with Crippen LogP contribution in [0.3, 0.4) is 0 Å². The van der Waals surface area contributed by atoms with Gasteiger partial charge in [0, 0.05) is 29.5 Å². The van der Waals surface area contributed by atoms with Gasteiger partial charge in [0.05, 0.1) is 10.7 Å². The molecule has 0 bridgehead atoms. The number of aliphatic imine (C=N–C) groups is 1. The summed E-state index contributed by atoms with van der Waals surface area (Å²) >= 11 is 6.62. The molecular weight excluding hydrogens is 340 g/mol. The second-order valence-corrected chi connectivity index (χ2v) is 8.28. The molecule has 0 N–H and O–H groups in total. The highest BCUT2D eigenvalue weighted by atomic mass is 35.5. The van der Waals surface area contributed by atoms with Crippen LogP contribution in [0.15, 0.2) is 41.4 Å². The SMILES string of the molecule is CCc1ccc(N=Cc2cc3c(cc2Cl)N(CC)C(C)(C)CC3C)cc1. The van der Waals surface area contributed by atoms with Crippen LogP contribution in [0.4, 0.5) is 11.4 Å². The van der Waals surface area contributed by atoms with Crippen molar-refractivity contribution in [3.05, 3.63) is 58.1 Å². The topological polar surface area (TPSA) is 15.6 Å². The van der Waals surface area contributed by atoms with E-state index in [4.69, 9.17) is 11.6 Å². The third-order valence-electron chi connectivity index (χ3n) is 5.52. The lowest BCUT2D eigenvalue weighted by Gasteiger charge is -2.47. The molecule has 0 fully saturated rings. The highest BCUT2D eigenvalue weighted by Gasteiger charge is 2.35. The molecule has 1 aliphatic rings. The van der Waals surface area contributed by atoms with Crippen LogP contribution in [-0.2, 0) is 6.42 Å². The van der Waals surface area contributed by atoms with Gasteiger partial charge >= 0.3 is 0 Å². The van der Waals surface area contributed by atoms with E-state index in [9.17, 15) is 0 Å². The molecule has 2 aromatic carbocycles. The third kappa shape index (κ3) is 3.66. The first-order valence-electron chi connectivity index (χ1n) is 9.59. The molecule has 3 rings (SSSR count). The van der Waals surface area contributed by atoms with Crippen LogP contribution < -0.4 is 4.90 Å². The molecule has 1 unspecified atom stereocenters. The molecular formula is C23H29ClN2. The monoisotopic (exact) mass is 368 g/mol. The van der Waals surface area contributed by atoms with Gasteiger partial charge < -0.3 is 4.90 Å². The highest BCUT2D eigenvalue weighted by molar-refractivity contribution is 6.33. The lowest BCUT2D eigenvalue weighted by Crippen LogP contribution is -2.48. The second-order valence-electron chi connectivity index (χ2n) is 7.87. The van der Waals surface area contributed by atoms with Crippen molar-refractivity contribution in [3.63, 3.8) is 0 Å². The molecule has 0 saturated carbocycles. The van der Waals surface area contributed by atoms with Gasteiger partial charge in [0.15, 0.2) is 0 Å². The van der Waals surface area contributed by atoms with Gasteiger partial charge in [-0.25, -0.2) is 0 Å². The van der Waals surface area contributed by atoms with Gasteiger partial charge in [-0.2, -0.15) is 0 Å². The summed E-state index contributed by atoms with van der Waals surface area (Å²) in [5, 5.41) is 0.765. The fourth-order valence-corrected chi connectivity index (χ4v) is 4.39. The quantitative estimate of drug-likeness (QED) is 0.544. The van der Waals surface area contributed by atoms with Crippen molar-refractivity contribution in [2.45, 2.75) is 58.9 Å². The molecule has 0 amide bonds. The fourth-order valence-electron chi connectivity index (χ4n) is 4.18. The highest BCUT2D eigenvalue weighted by Crippen LogP contribution is 2.44. The predicted octanol–water partition coefficient (Wildman–Crippen LogP) is 6.77. The Bertz CT molecular complexity index is 806. The summed E-state index contributed by atoms with van der Waals surface area (Å²) < 4.78 is 0. The molecule has 26 heavy (non-hydrogen) atoms. The third-order valence-corrected chi connectivity index (χ3v) is 5.84. The van der Waals surface area contributed by atoms with Crippen LogP contribution in [0.2, 0.25) is 5.02 Å². The van der Waals surface area contributed by atoms with Gasteiger partial charge in [0.2, 0.25) is 0 Å². The summed E-state index contributed by atoms with van der Waals surface area (Å²) in [5.41, 5.74) is 6.07. The zero-order valence-electron chi connectivity index (χ0n) is 16.5. The standard InChI is InChI=1S/C23H29ClN2/c1-6-17-8-10-19(11-9-17)25-15-18-12-20-16(3)14-23(4,5)26(7-2)22(20)13-21(18)24/h8-13,15-16H,6-7,14H2,1-5H3. The first-order valence-corrected chi connectivity index (χ1v) is 9.97. The first-order chi connectivity index (χ1) is 12.4. The maximum Gasteiger partial charge on any atom is 0.0630 e. The lowest BCUT2D eigenvalue weighted by molar-refractivity contribution is 0.381. The Morgan fingerprint density at radius 2 is 1.88 bits per heavy atom. The van der Waals surface area contributed by atoms with E-state index in [-0.39, 0.29) is 5.54 Å². The van der Waals surface area contributed by atoms with E-state index in [0.717, 1.165) is 35.7 Å². The number of fused-ring (bicyclic) bond motifs is 1. The molecule has 0 spiro atoms. The van der Waals surface area contributed by atoms with Gasteiger partial charge in [-0.3, -0.25) is 4.99 Å². The van der Waals surface area contributed by atoms with Crippen molar-refractivity contribution in [1.29, 1.82) is 0 Å². The zero-order chi connectivity index (χ0) is 18.9. The number of nitrogens with zero attached hydrogens (tertiary/aromatic N) is 2.